The SMILES string of the molecule is O=C(N/N=C/c1cc(I)c(O)c([N+](=O)[O-])c1)c1cc(-c2ccccc2)nc2ccccc12. The lowest BCUT2D eigenvalue weighted by atomic mass is 10.0. The molecule has 4 aromatic rings. The van der Waals surface area contributed by atoms with Crippen molar-refractivity contribution < 1.29 is 14.8 Å². The third-order valence-corrected chi connectivity index (χ3v) is 5.49. The largest absolute Gasteiger partial charge is 0.501 e. The Kier molecular flexibility index (Phi) is 6.08. The third kappa shape index (κ3) is 4.42. The number of hydrazone groups is 1. The van der Waals surface area contributed by atoms with E-state index in [0.29, 0.717) is 31.3 Å². The maximum absolute atomic E-state index is 12.9. The summed E-state index contributed by atoms with van der Waals surface area (Å²) >= 11 is 1.79. The Hall–Kier alpha value is -3.86. The van der Waals surface area contributed by atoms with Crippen LogP contribution < -0.4 is 5.43 Å². The molecule has 0 unspecified atom stereocenters. The number of fused-ring (bicyclic) bond motifs is 1. The van der Waals surface area contributed by atoms with Gasteiger partial charge in [0.15, 0.2) is 0 Å². The van der Waals surface area contributed by atoms with Crippen molar-refractivity contribution in [3.05, 3.63) is 97.6 Å². The molecule has 1 heterocycles. The number of phenolic OH excluding ortho intramolecular Hbond substituents is 1. The van der Waals surface area contributed by atoms with Crippen LogP contribution in [0, 0.1) is 13.7 Å². The number of nitrogens with one attached hydrogen (secondary N) is 1. The van der Waals surface area contributed by atoms with Gasteiger partial charge in [0.1, 0.15) is 0 Å². The summed E-state index contributed by atoms with van der Waals surface area (Å²) in [5.41, 5.74) is 5.01. The molecule has 3 aromatic carbocycles. The van der Waals surface area contributed by atoms with Crippen LogP contribution in [0.3, 0.4) is 0 Å². The minimum Gasteiger partial charge on any atom is -0.501 e. The smallest absolute Gasteiger partial charge is 0.312 e. The molecule has 0 aliphatic rings. The quantitative estimate of drug-likeness (QED) is 0.163. The summed E-state index contributed by atoms with van der Waals surface area (Å²) in [6.07, 6.45) is 1.29. The lowest BCUT2D eigenvalue weighted by molar-refractivity contribution is -0.386. The molecule has 1 aromatic heterocycles. The first kappa shape index (κ1) is 21.4. The Bertz CT molecular complexity index is 1370. The first-order valence-electron chi connectivity index (χ1n) is 9.39. The number of aromatic hydroxyl groups is 1. The molecule has 158 valence electrons. The number of nitro benzene ring substituents is 1. The van der Waals surface area contributed by atoms with Crippen LogP contribution in [0.4, 0.5) is 5.69 Å². The van der Waals surface area contributed by atoms with Gasteiger partial charge in [-0.3, -0.25) is 14.9 Å². The van der Waals surface area contributed by atoms with Gasteiger partial charge in [-0.05, 0) is 40.8 Å². The number of nitrogens with zero attached hydrogens (tertiary/aromatic N) is 3. The molecule has 8 nitrogen and oxygen atoms in total. The van der Waals surface area contributed by atoms with Crippen LogP contribution in [0.2, 0.25) is 0 Å². The molecule has 9 heteroatoms. The number of phenols is 1. The van der Waals surface area contributed by atoms with Crippen molar-refractivity contribution in [1.29, 1.82) is 0 Å². The van der Waals surface area contributed by atoms with Crippen LogP contribution in [0.25, 0.3) is 22.2 Å². The highest BCUT2D eigenvalue weighted by Gasteiger charge is 2.17. The topological polar surface area (TPSA) is 118 Å². The van der Waals surface area contributed by atoms with E-state index in [1.807, 2.05) is 48.5 Å². The fraction of sp³-hybridized carbons (Fsp3) is 0. The molecule has 4 rings (SSSR count). The number of carbonyl (C=O) groups excluding carboxylic acids is 1. The Balaban J connectivity index is 1.65. The zero-order valence-electron chi connectivity index (χ0n) is 16.4. The zero-order valence-corrected chi connectivity index (χ0v) is 18.6. The van der Waals surface area contributed by atoms with E-state index in [4.69, 9.17) is 0 Å². The number of aromatic nitrogens is 1. The number of para-hydroxylation sites is 1. The number of hydrogen-bond donors (Lipinski definition) is 2. The van der Waals surface area contributed by atoms with Gasteiger partial charge >= 0.3 is 5.69 Å². The van der Waals surface area contributed by atoms with Gasteiger partial charge in [-0.15, -0.1) is 0 Å². The summed E-state index contributed by atoms with van der Waals surface area (Å²) in [6, 6.07) is 21.2. The first-order valence-corrected chi connectivity index (χ1v) is 10.5. The van der Waals surface area contributed by atoms with Gasteiger partial charge < -0.3 is 5.11 Å². The van der Waals surface area contributed by atoms with Gasteiger partial charge in [-0.1, -0.05) is 48.5 Å². The molecule has 0 fully saturated rings. The number of benzene rings is 3. The molecule has 0 bridgehead atoms. The van der Waals surface area contributed by atoms with E-state index in [1.165, 1.54) is 18.3 Å². The summed E-state index contributed by atoms with van der Waals surface area (Å²) in [4.78, 5) is 28.0. The normalized spacial score (nSPS) is 11.0. The third-order valence-electron chi connectivity index (χ3n) is 4.67. The standard InChI is InChI=1S/C23H15IN4O4/c24-18-10-14(11-21(22(18)29)28(31)32)13-25-27-23(30)17-12-20(15-6-2-1-3-7-15)26-19-9-5-4-8-16(17)19/h1-13,29H,(H,27,30)/b25-13+. The molecule has 0 saturated heterocycles. The second-order valence-electron chi connectivity index (χ2n) is 6.76. The van der Waals surface area contributed by atoms with Gasteiger partial charge in [-0.25, -0.2) is 10.4 Å². The maximum atomic E-state index is 12.9. The lowest BCUT2D eigenvalue weighted by Gasteiger charge is -2.09. The second-order valence-corrected chi connectivity index (χ2v) is 7.93. The van der Waals surface area contributed by atoms with E-state index in [-0.39, 0.29) is 0 Å². The van der Waals surface area contributed by atoms with Gasteiger partial charge in [0, 0.05) is 22.6 Å². The summed E-state index contributed by atoms with van der Waals surface area (Å²) in [5.74, 6) is -0.853. The van der Waals surface area contributed by atoms with Crippen LogP contribution >= 0.6 is 22.6 Å². The molecular weight excluding hydrogens is 523 g/mol. The Morgan fingerprint density at radius 1 is 1.09 bits per heavy atom. The fourth-order valence-electron chi connectivity index (χ4n) is 3.16. The van der Waals surface area contributed by atoms with E-state index in [1.54, 1.807) is 34.7 Å². The molecule has 32 heavy (non-hydrogen) atoms. The van der Waals surface area contributed by atoms with Crippen LogP contribution in [0.15, 0.2) is 77.9 Å². The zero-order chi connectivity index (χ0) is 22.7. The number of nitro groups is 1. The number of pyridine rings is 1. The molecule has 0 radical (unpaired) electrons. The van der Waals surface area contributed by atoms with E-state index in [0.717, 1.165) is 5.56 Å². The molecule has 2 N–H and O–H groups in total. The summed E-state index contributed by atoms with van der Waals surface area (Å²) in [5, 5.41) is 25.5. The summed E-state index contributed by atoms with van der Waals surface area (Å²) in [6.45, 7) is 0. The second kappa shape index (κ2) is 9.10. The average Bonchev–Trinajstić information content (AvgIpc) is 2.80. The Morgan fingerprint density at radius 3 is 2.56 bits per heavy atom. The Morgan fingerprint density at radius 2 is 1.81 bits per heavy atom. The lowest BCUT2D eigenvalue weighted by Crippen LogP contribution is -2.18. The van der Waals surface area contributed by atoms with E-state index in [9.17, 15) is 20.0 Å². The molecule has 0 saturated carbocycles. The number of carbonyl (C=O) groups is 1. The number of rotatable bonds is 5. The van der Waals surface area contributed by atoms with Crippen molar-refractivity contribution in [3.63, 3.8) is 0 Å². The van der Waals surface area contributed by atoms with Crippen LogP contribution in [0.1, 0.15) is 15.9 Å². The van der Waals surface area contributed by atoms with Gasteiger partial charge in [0.2, 0.25) is 5.75 Å². The first-order chi connectivity index (χ1) is 15.4. The van der Waals surface area contributed by atoms with Crippen molar-refractivity contribution in [3.8, 4) is 17.0 Å². The van der Waals surface area contributed by atoms with Gasteiger partial charge in [0.25, 0.3) is 5.91 Å². The van der Waals surface area contributed by atoms with Gasteiger partial charge in [-0.2, -0.15) is 5.10 Å². The van der Waals surface area contributed by atoms with Crippen molar-refractivity contribution in [2.24, 2.45) is 5.10 Å². The van der Waals surface area contributed by atoms with Crippen molar-refractivity contribution >= 4 is 51.3 Å². The Labute approximate surface area is 195 Å². The van der Waals surface area contributed by atoms with Crippen LogP contribution in [0.5, 0.6) is 5.75 Å². The highest BCUT2D eigenvalue weighted by atomic mass is 127. The number of amides is 1. The average molecular weight is 538 g/mol. The van der Waals surface area contributed by atoms with Crippen molar-refractivity contribution in [2.45, 2.75) is 0 Å². The maximum Gasteiger partial charge on any atom is 0.312 e. The number of halogens is 1. The number of hydrogen-bond acceptors (Lipinski definition) is 6. The minimum atomic E-state index is -0.679. The van der Waals surface area contributed by atoms with Crippen molar-refractivity contribution in [2.75, 3.05) is 0 Å². The molecule has 0 aliphatic heterocycles. The molecule has 0 aliphatic carbocycles. The van der Waals surface area contributed by atoms with Crippen LogP contribution in [-0.2, 0) is 0 Å². The van der Waals surface area contributed by atoms with Crippen molar-refractivity contribution in [1.82, 2.24) is 10.4 Å². The van der Waals surface area contributed by atoms with E-state index >= 15 is 0 Å². The van der Waals surface area contributed by atoms with Gasteiger partial charge in [0.05, 0.1) is 31.5 Å². The fourth-order valence-corrected chi connectivity index (χ4v) is 3.80. The molecule has 0 spiro atoms. The van der Waals surface area contributed by atoms with E-state index in [2.05, 4.69) is 15.5 Å². The highest BCUT2D eigenvalue weighted by Crippen LogP contribution is 2.31. The van der Waals surface area contributed by atoms with E-state index < -0.39 is 22.3 Å². The highest BCUT2D eigenvalue weighted by molar-refractivity contribution is 14.1. The van der Waals surface area contributed by atoms with Crippen LogP contribution in [-0.4, -0.2) is 27.1 Å². The predicted octanol–water partition coefficient (Wildman–Crippen LogP) is 4.88. The summed E-state index contributed by atoms with van der Waals surface area (Å²) < 4.78 is 0.303. The minimum absolute atomic E-state index is 0.303. The monoisotopic (exact) mass is 538 g/mol. The predicted molar refractivity (Wildman–Crippen MR) is 130 cm³/mol. The molecule has 0 atom stereocenters. The molecule has 1 amide bonds. The molecular formula is C23H15IN4O4. The summed E-state index contributed by atoms with van der Waals surface area (Å²) in [7, 11) is 0.